The number of aromatic nitrogens is 3. The number of thiazole rings is 1. The third-order valence-electron chi connectivity index (χ3n) is 5.65. The lowest BCUT2D eigenvalue weighted by molar-refractivity contribution is -0.111. The van der Waals surface area contributed by atoms with Crippen molar-refractivity contribution >= 4 is 47.6 Å². The standard InChI is InChI=1S/C28H33N4O4PS/c1-6-35-37(34,36-7-2)18-20-12-14-21(15-13-20)30-25(33)17-16-24-26(28(3,4)5)31-27(38-24)32-19-29-22-10-8-9-11-23(22)32/h8-17,19H,6-7,18H2,1-5H3,(H,30,33). The van der Waals surface area contributed by atoms with Crippen LogP contribution in [-0.2, 0) is 30.0 Å². The molecule has 0 bridgehead atoms. The van der Waals surface area contributed by atoms with Crippen LogP contribution in [0.25, 0.3) is 22.2 Å². The molecular weight excluding hydrogens is 519 g/mol. The lowest BCUT2D eigenvalue weighted by Gasteiger charge is -2.17. The number of imidazole rings is 1. The lowest BCUT2D eigenvalue weighted by Crippen LogP contribution is -2.13. The highest BCUT2D eigenvalue weighted by Gasteiger charge is 2.25. The van der Waals surface area contributed by atoms with Gasteiger partial charge in [0.15, 0.2) is 5.13 Å². The topological polar surface area (TPSA) is 95.3 Å². The van der Waals surface area contributed by atoms with E-state index in [4.69, 9.17) is 14.0 Å². The van der Waals surface area contributed by atoms with Crippen LogP contribution in [0.2, 0.25) is 0 Å². The first-order valence-electron chi connectivity index (χ1n) is 12.5. The molecule has 0 fully saturated rings. The van der Waals surface area contributed by atoms with Crippen LogP contribution in [0.3, 0.4) is 0 Å². The maximum absolute atomic E-state index is 12.8. The van der Waals surface area contributed by atoms with Gasteiger partial charge in [-0.05, 0) is 49.8 Å². The van der Waals surface area contributed by atoms with E-state index in [-0.39, 0.29) is 17.5 Å². The number of para-hydroxylation sites is 2. The molecule has 0 aliphatic rings. The Balaban J connectivity index is 1.49. The van der Waals surface area contributed by atoms with Crippen LogP contribution in [0.5, 0.6) is 0 Å². The number of carbonyl (C=O) groups excluding carboxylic acids is 1. The maximum Gasteiger partial charge on any atom is 0.335 e. The lowest BCUT2D eigenvalue weighted by atomic mass is 9.91. The number of carbonyl (C=O) groups is 1. The summed E-state index contributed by atoms with van der Waals surface area (Å²) in [5.41, 5.74) is 4.04. The van der Waals surface area contributed by atoms with E-state index in [0.717, 1.165) is 32.3 Å². The smallest absolute Gasteiger partial charge is 0.323 e. The summed E-state index contributed by atoms with van der Waals surface area (Å²) in [5, 5.41) is 3.68. The Bertz CT molecular complexity index is 1470. The first-order valence-corrected chi connectivity index (χ1v) is 15.1. The molecule has 2 heterocycles. The van der Waals surface area contributed by atoms with Crippen LogP contribution in [0, 0.1) is 0 Å². The van der Waals surface area contributed by atoms with Crippen LogP contribution < -0.4 is 5.32 Å². The van der Waals surface area contributed by atoms with Gasteiger partial charge in [-0.2, -0.15) is 0 Å². The van der Waals surface area contributed by atoms with Crippen molar-refractivity contribution < 1.29 is 18.4 Å². The highest BCUT2D eigenvalue weighted by atomic mass is 32.1. The third kappa shape index (κ3) is 6.66. The number of nitrogens with one attached hydrogen (secondary N) is 1. The van der Waals surface area contributed by atoms with Crippen molar-refractivity contribution in [2.75, 3.05) is 18.5 Å². The molecule has 4 rings (SSSR count). The molecule has 0 saturated carbocycles. The molecular formula is C28H33N4O4PS. The van der Waals surface area contributed by atoms with Gasteiger partial charge in [-0.3, -0.25) is 13.9 Å². The molecule has 2 aromatic heterocycles. The zero-order chi connectivity index (χ0) is 27.3. The molecule has 0 unspecified atom stereocenters. The summed E-state index contributed by atoms with van der Waals surface area (Å²) in [6, 6.07) is 15.1. The van der Waals surface area contributed by atoms with E-state index in [1.165, 1.54) is 17.4 Å². The van der Waals surface area contributed by atoms with Crippen molar-refractivity contribution in [1.82, 2.24) is 14.5 Å². The van der Waals surface area contributed by atoms with Crippen LogP contribution >= 0.6 is 18.9 Å². The zero-order valence-corrected chi connectivity index (χ0v) is 24.0. The first kappa shape index (κ1) is 27.9. The minimum atomic E-state index is -3.19. The molecule has 0 aliphatic carbocycles. The van der Waals surface area contributed by atoms with Gasteiger partial charge in [0.05, 0.1) is 41.0 Å². The SMILES string of the molecule is CCOP(=O)(Cc1ccc(NC(=O)C=Cc2sc(-n3cnc4ccccc43)nc2C(C)(C)C)cc1)OCC. The molecule has 0 radical (unpaired) electrons. The number of rotatable bonds is 10. The summed E-state index contributed by atoms with van der Waals surface area (Å²) >= 11 is 1.52. The predicted octanol–water partition coefficient (Wildman–Crippen LogP) is 7.20. The van der Waals surface area contributed by atoms with Crippen molar-refractivity contribution in [2.45, 2.75) is 46.2 Å². The van der Waals surface area contributed by atoms with E-state index in [0.29, 0.717) is 18.9 Å². The van der Waals surface area contributed by atoms with Gasteiger partial charge < -0.3 is 14.4 Å². The molecule has 2 aromatic carbocycles. The number of nitrogens with zero attached hydrogens (tertiary/aromatic N) is 3. The summed E-state index contributed by atoms with van der Waals surface area (Å²) in [5.74, 6) is -0.255. The molecule has 1 N–H and O–H groups in total. The van der Waals surface area contributed by atoms with E-state index in [9.17, 15) is 9.36 Å². The third-order valence-corrected chi connectivity index (χ3v) is 8.72. The molecule has 10 heteroatoms. The average molecular weight is 553 g/mol. The van der Waals surface area contributed by atoms with Crippen LogP contribution in [0.15, 0.2) is 60.9 Å². The maximum atomic E-state index is 12.8. The first-order chi connectivity index (χ1) is 18.1. The van der Waals surface area contributed by atoms with Gasteiger partial charge in [0.25, 0.3) is 0 Å². The molecule has 200 valence electrons. The van der Waals surface area contributed by atoms with Gasteiger partial charge in [0, 0.05) is 17.2 Å². The molecule has 8 nitrogen and oxygen atoms in total. The normalized spacial score (nSPS) is 12.4. The second-order valence-electron chi connectivity index (χ2n) is 9.69. The summed E-state index contributed by atoms with van der Waals surface area (Å²) in [6.07, 6.45) is 5.29. The number of anilines is 1. The Hall–Kier alpha value is -3.10. The largest absolute Gasteiger partial charge is 0.335 e. The number of fused-ring (bicyclic) bond motifs is 1. The Morgan fingerprint density at radius 3 is 2.42 bits per heavy atom. The summed E-state index contributed by atoms with van der Waals surface area (Å²) < 4.78 is 25.5. The fourth-order valence-electron chi connectivity index (χ4n) is 3.96. The minimum absolute atomic E-state index is 0.179. The second kappa shape index (κ2) is 11.7. The van der Waals surface area contributed by atoms with Crippen molar-refractivity contribution in [3.63, 3.8) is 0 Å². The van der Waals surface area contributed by atoms with Crippen molar-refractivity contribution in [3.05, 3.63) is 77.1 Å². The van der Waals surface area contributed by atoms with Crippen LogP contribution in [-0.4, -0.2) is 33.7 Å². The molecule has 1 amide bonds. The Kier molecular flexibility index (Phi) is 8.63. The monoisotopic (exact) mass is 552 g/mol. The summed E-state index contributed by atoms with van der Waals surface area (Å²) in [7, 11) is -3.19. The average Bonchev–Trinajstić information content (AvgIpc) is 3.48. The molecule has 0 aliphatic heterocycles. The van der Waals surface area contributed by atoms with Gasteiger partial charge in [-0.1, -0.05) is 56.4 Å². The highest BCUT2D eigenvalue weighted by molar-refractivity contribution is 7.53. The Morgan fingerprint density at radius 2 is 1.76 bits per heavy atom. The zero-order valence-electron chi connectivity index (χ0n) is 22.3. The minimum Gasteiger partial charge on any atom is -0.323 e. The highest BCUT2D eigenvalue weighted by Crippen LogP contribution is 2.51. The number of benzene rings is 2. The van der Waals surface area contributed by atoms with Gasteiger partial charge in [-0.25, -0.2) is 9.97 Å². The van der Waals surface area contributed by atoms with Crippen molar-refractivity contribution in [1.29, 1.82) is 0 Å². The number of hydrogen-bond donors (Lipinski definition) is 1. The van der Waals surface area contributed by atoms with E-state index >= 15 is 0 Å². The van der Waals surface area contributed by atoms with Gasteiger partial charge >= 0.3 is 7.60 Å². The van der Waals surface area contributed by atoms with Gasteiger partial charge in [0.2, 0.25) is 5.91 Å². The predicted molar refractivity (Wildman–Crippen MR) is 154 cm³/mol. The van der Waals surface area contributed by atoms with E-state index in [1.54, 1.807) is 32.3 Å². The van der Waals surface area contributed by atoms with Crippen molar-refractivity contribution in [3.8, 4) is 5.13 Å². The Labute approximate surface area is 227 Å². The summed E-state index contributed by atoms with van der Waals surface area (Å²) in [4.78, 5) is 23.0. The second-order valence-corrected chi connectivity index (χ2v) is 12.8. The van der Waals surface area contributed by atoms with Gasteiger partial charge in [-0.15, -0.1) is 0 Å². The fraction of sp³-hybridized carbons (Fsp3) is 0.321. The molecule has 38 heavy (non-hydrogen) atoms. The van der Waals surface area contributed by atoms with Crippen LogP contribution in [0.1, 0.15) is 50.8 Å². The quantitative estimate of drug-likeness (QED) is 0.165. The number of amides is 1. The van der Waals surface area contributed by atoms with E-state index < -0.39 is 7.60 Å². The van der Waals surface area contributed by atoms with E-state index in [1.807, 2.05) is 47.0 Å². The Morgan fingerprint density at radius 1 is 1.08 bits per heavy atom. The van der Waals surface area contributed by atoms with E-state index in [2.05, 4.69) is 31.1 Å². The van der Waals surface area contributed by atoms with Gasteiger partial charge in [0.1, 0.15) is 6.33 Å². The molecule has 0 atom stereocenters. The molecule has 4 aromatic rings. The van der Waals surface area contributed by atoms with Crippen LogP contribution in [0.4, 0.5) is 5.69 Å². The number of hydrogen-bond acceptors (Lipinski definition) is 7. The van der Waals surface area contributed by atoms with Crippen molar-refractivity contribution in [2.24, 2.45) is 0 Å². The molecule has 0 spiro atoms. The molecule has 0 saturated heterocycles. The summed E-state index contributed by atoms with van der Waals surface area (Å²) in [6.45, 7) is 10.5. The fourth-order valence-corrected chi connectivity index (χ4v) is 6.82.